The highest BCUT2D eigenvalue weighted by molar-refractivity contribution is 5.91. The van der Waals surface area contributed by atoms with Crippen LogP contribution in [0, 0.1) is 18.3 Å². The van der Waals surface area contributed by atoms with Gasteiger partial charge in [-0.1, -0.05) is 12.1 Å². The van der Waals surface area contributed by atoms with E-state index in [0.717, 1.165) is 23.9 Å². The molecule has 10 nitrogen and oxygen atoms in total. The van der Waals surface area contributed by atoms with E-state index in [9.17, 15) is 28.6 Å². The van der Waals surface area contributed by atoms with Gasteiger partial charge in [-0.05, 0) is 66.4 Å². The molecule has 5 heterocycles. The summed E-state index contributed by atoms with van der Waals surface area (Å²) in [7, 11) is 0. The number of oxazole rings is 1. The number of halogens is 3. The van der Waals surface area contributed by atoms with Gasteiger partial charge in [-0.25, -0.2) is 9.97 Å². The maximum atomic E-state index is 14.9. The minimum absolute atomic E-state index is 0.0247. The average Bonchev–Trinajstić information content (AvgIpc) is 3.70. The summed E-state index contributed by atoms with van der Waals surface area (Å²) in [6, 6.07) is 14.8. The number of nitrogens with zero attached hydrogens (tertiary/aromatic N) is 6. The second kappa shape index (κ2) is 12.3. The highest BCUT2D eigenvalue weighted by Crippen LogP contribution is 2.44. The Balaban J connectivity index is 1.27. The number of nitrogens with one attached hydrogen (secondary N) is 1. The van der Waals surface area contributed by atoms with Crippen LogP contribution in [-0.4, -0.2) is 54.2 Å². The summed E-state index contributed by atoms with van der Waals surface area (Å²) in [5.41, 5.74) is 1.74. The van der Waals surface area contributed by atoms with E-state index in [-0.39, 0.29) is 52.1 Å². The molecule has 1 unspecified atom stereocenters. The minimum Gasteiger partial charge on any atom is -0.435 e. The van der Waals surface area contributed by atoms with Crippen LogP contribution >= 0.6 is 0 Å². The van der Waals surface area contributed by atoms with Crippen LogP contribution in [0.15, 0.2) is 71.5 Å². The number of alkyl halides is 3. The Hall–Kier alpha value is -5.42. The van der Waals surface area contributed by atoms with E-state index in [0.29, 0.717) is 41.2 Å². The molecule has 0 radical (unpaired) electrons. The van der Waals surface area contributed by atoms with Crippen LogP contribution in [0.5, 0.6) is 0 Å². The standard InChI is InChI=1S/C35H28F3N7O3/c1-19-25(3-2-4-27(19)43-33-30-22(5-8-41-33)12-21(15-42-30)16-45-10-7-24(47)17-45)31-29(35(36,37)38)26(6-9-40-31)34-44-28-13-20(18-46)11-23(14-39)32(28)48-34/h2-6,8-9,11-13,15,24,46-47H,7,10,16-18H2,1H3,(H,41,43). The summed E-state index contributed by atoms with van der Waals surface area (Å²) in [6.07, 6.45) is 0.245. The number of aliphatic hydroxyl groups excluding tert-OH is 2. The van der Waals surface area contributed by atoms with Gasteiger partial charge in [0.15, 0.2) is 11.4 Å². The first kappa shape index (κ1) is 31.2. The van der Waals surface area contributed by atoms with Gasteiger partial charge in [0, 0.05) is 54.9 Å². The van der Waals surface area contributed by atoms with Crippen molar-refractivity contribution in [3.63, 3.8) is 0 Å². The van der Waals surface area contributed by atoms with Crippen LogP contribution in [0.1, 0.15) is 34.2 Å². The summed E-state index contributed by atoms with van der Waals surface area (Å²) >= 11 is 0. The molecule has 0 amide bonds. The van der Waals surface area contributed by atoms with Crippen LogP contribution in [-0.2, 0) is 19.3 Å². The predicted octanol–water partition coefficient (Wildman–Crippen LogP) is 6.50. The molecule has 1 fully saturated rings. The number of nitriles is 1. The first-order valence-electron chi connectivity index (χ1n) is 15.1. The maximum Gasteiger partial charge on any atom is 0.419 e. The number of benzene rings is 2. The molecule has 6 aromatic rings. The van der Waals surface area contributed by atoms with Crippen molar-refractivity contribution in [1.82, 2.24) is 24.8 Å². The Morgan fingerprint density at radius 2 is 1.90 bits per heavy atom. The Morgan fingerprint density at radius 1 is 1.06 bits per heavy atom. The summed E-state index contributed by atoms with van der Waals surface area (Å²) in [4.78, 5) is 19.8. The van der Waals surface area contributed by atoms with E-state index in [1.54, 1.807) is 37.5 Å². The SMILES string of the molecule is Cc1c(Nc2nccc3cc(CN4CCC(O)C4)cnc23)cccc1-c1nccc(-c2nc3cc(CO)cc(C#N)c3o2)c1C(F)(F)F. The third kappa shape index (κ3) is 5.81. The Kier molecular flexibility index (Phi) is 8.00. The van der Waals surface area contributed by atoms with Crippen molar-refractivity contribution in [2.45, 2.75) is 38.8 Å². The third-order valence-corrected chi connectivity index (χ3v) is 8.47. The zero-order valence-electron chi connectivity index (χ0n) is 25.6. The lowest BCUT2D eigenvalue weighted by Crippen LogP contribution is -2.21. The largest absolute Gasteiger partial charge is 0.435 e. The molecule has 1 atom stereocenters. The molecular formula is C35H28F3N7O3. The van der Waals surface area contributed by atoms with Gasteiger partial charge < -0.3 is 19.9 Å². The van der Waals surface area contributed by atoms with E-state index in [4.69, 9.17) is 4.42 Å². The lowest BCUT2D eigenvalue weighted by molar-refractivity contribution is -0.136. The zero-order chi connectivity index (χ0) is 33.6. The molecule has 7 rings (SSSR count). The van der Waals surface area contributed by atoms with E-state index < -0.39 is 11.7 Å². The summed E-state index contributed by atoms with van der Waals surface area (Å²) < 4.78 is 50.4. The molecule has 3 N–H and O–H groups in total. The van der Waals surface area contributed by atoms with Crippen LogP contribution in [0.3, 0.4) is 0 Å². The molecule has 13 heteroatoms. The summed E-state index contributed by atoms with van der Waals surface area (Å²) in [6.45, 7) is 3.41. The molecule has 1 aliphatic rings. The molecule has 1 saturated heterocycles. The quantitative estimate of drug-likeness (QED) is 0.175. The molecule has 0 aliphatic carbocycles. The molecule has 0 saturated carbocycles. The van der Waals surface area contributed by atoms with Gasteiger partial charge in [0.25, 0.3) is 0 Å². The molecule has 1 aliphatic heterocycles. The number of fused-ring (bicyclic) bond motifs is 2. The van der Waals surface area contributed by atoms with E-state index in [1.165, 1.54) is 24.4 Å². The summed E-state index contributed by atoms with van der Waals surface area (Å²) in [5, 5.41) is 33.1. The van der Waals surface area contributed by atoms with Gasteiger partial charge in [-0.2, -0.15) is 18.4 Å². The number of pyridine rings is 3. The lowest BCUT2D eigenvalue weighted by atomic mass is 9.96. The average molecular weight is 652 g/mol. The Morgan fingerprint density at radius 3 is 2.65 bits per heavy atom. The first-order chi connectivity index (χ1) is 23.1. The number of rotatable bonds is 7. The number of hydrogen-bond acceptors (Lipinski definition) is 10. The number of anilines is 2. The molecule has 0 bridgehead atoms. The lowest BCUT2D eigenvalue weighted by Gasteiger charge is -2.18. The van der Waals surface area contributed by atoms with E-state index in [2.05, 4.69) is 30.2 Å². The van der Waals surface area contributed by atoms with Gasteiger partial charge >= 0.3 is 6.18 Å². The molecule has 48 heavy (non-hydrogen) atoms. The second-order valence-corrected chi connectivity index (χ2v) is 11.7. The highest BCUT2D eigenvalue weighted by atomic mass is 19.4. The highest BCUT2D eigenvalue weighted by Gasteiger charge is 2.39. The van der Waals surface area contributed by atoms with Crippen LogP contribution < -0.4 is 5.32 Å². The minimum atomic E-state index is -4.85. The fourth-order valence-electron chi connectivity index (χ4n) is 6.16. The van der Waals surface area contributed by atoms with Crippen LogP contribution in [0.2, 0.25) is 0 Å². The fourth-order valence-corrected chi connectivity index (χ4v) is 6.16. The number of aliphatic hydroxyl groups is 2. The molecule has 4 aromatic heterocycles. The van der Waals surface area contributed by atoms with Gasteiger partial charge in [0.05, 0.1) is 35.1 Å². The van der Waals surface area contributed by atoms with E-state index >= 15 is 0 Å². The van der Waals surface area contributed by atoms with Crippen molar-refractivity contribution in [2.24, 2.45) is 0 Å². The van der Waals surface area contributed by atoms with Crippen LogP contribution in [0.25, 0.3) is 44.7 Å². The van der Waals surface area contributed by atoms with Crippen molar-refractivity contribution in [2.75, 3.05) is 18.4 Å². The van der Waals surface area contributed by atoms with Gasteiger partial charge in [0.1, 0.15) is 17.1 Å². The molecule has 242 valence electrons. The fraction of sp³-hybridized carbons (Fsp3) is 0.229. The van der Waals surface area contributed by atoms with Crippen molar-refractivity contribution in [3.8, 4) is 28.8 Å². The Bertz CT molecular complexity index is 2230. The number of likely N-dealkylation sites (tertiary alicyclic amines) is 1. The van der Waals surface area contributed by atoms with Gasteiger partial charge in [-0.15, -0.1) is 0 Å². The monoisotopic (exact) mass is 651 g/mol. The number of β-amino-alcohol motifs (C(OH)–C–C–N with tert-alkyl or cyclic N) is 1. The first-order valence-corrected chi connectivity index (χ1v) is 15.1. The van der Waals surface area contributed by atoms with Crippen LogP contribution in [0.4, 0.5) is 24.7 Å². The van der Waals surface area contributed by atoms with E-state index in [1.807, 2.05) is 18.2 Å². The van der Waals surface area contributed by atoms with Crippen molar-refractivity contribution >= 4 is 33.5 Å². The molecule has 2 aromatic carbocycles. The molecule has 0 spiro atoms. The second-order valence-electron chi connectivity index (χ2n) is 11.7. The normalized spacial score (nSPS) is 15.3. The number of aromatic nitrogens is 4. The predicted molar refractivity (Wildman–Crippen MR) is 172 cm³/mol. The van der Waals surface area contributed by atoms with Gasteiger partial charge in [-0.3, -0.25) is 14.9 Å². The topological polar surface area (TPSA) is 144 Å². The zero-order valence-corrected chi connectivity index (χ0v) is 25.6. The molecular weight excluding hydrogens is 623 g/mol. The Labute approximate surface area is 272 Å². The van der Waals surface area contributed by atoms with Crippen molar-refractivity contribution in [1.29, 1.82) is 5.26 Å². The summed E-state index contributed by atoms with van der Waals surface area (Å²) in [5.74, 6) is 0.112. The van der Waals surface area contributed by atoms with Crippen molar-refractivity contribution < 1.29 is 27.8 Å². The van der Waals surface area contributed by atoms with Gasteiger partial charge in [0.2, 0.25) is 5.89 Å². The number of hydrogen-bond donors (Lipinski definition) is 3. The smallest absolute Gasteiger partial charge is 0.419 e. The third-order valence-electron chi connectivity index (χ3n) is 8.47. The maximum absolute atomic E-state index is 14.9. The van der Waals surface area contributed by atoms with Crippen molar-refractivity contribution in [3.05, 3.63) is 94.9 Å².